The molecule has 4 heterocycles. The molecule has 1 aliphatic rings. The Balaban J connectivity index is 1.31. The van der Waals surface area contributed by atoms with E-state index in [0.717, 1.165) is 37.3 Å². The van der Waals surface area contributed by atoms with Gasteiger partial charge in [-0.05, 0) is 43.5 Å². The lowest BCUT2D eigenvalue weighted by Crippen LogP contribution is -2.44. The highest BCUT2D eigenvalue weighted by Crippen LogP contribution is 2.23. The molecule has 3 aromatic heterocycles. The summed E-state index contributed by atoms with van der Waals surface area (Å²) in [5.41, 5.74) is 1.35. The summed E-state index contributed by atoms with van der Waals surface area (Å²) in [4.78, 5) is 31.1. The Hall–Kier alpha value is -3.49. The number of carbonyl (C=O) groups excluding carboxylic acids is 1. The fourth-order valence-corrected chi connectivity index (χ4v) is 3.72. The summed E-state index contributed by atoms with van der Waals surface area (Å²) in [7, 11) is 0. The van der Waals surface area contributed by atoms with Gasteiger partial charge in [-0.25, -0.2) is 4.98 Å². The Kier molecular flexibility index (Phi) is 6.40. The molecule has 1 N–H and O–H groups in total. The molecule has 0 aromatic carbocycles. The van der Waals surface area contributed by atoms with Gasteiger partial charge < -0.3 is 14.6 Å². The van der Waals surface area contributed by atoms with Crippen molar-refractivity contribution in [2.45, 2.75) is 32.7 Å². The molecule has 1 saturated heterocycles. The van der Waals surface area contributed by atoms with Crippen LogP contribution in [0.25, 0.3) is 11.5 Å². The van der Waals surface area contributed by atoms with Gasteiger partial charge in [-0.2, -0.15) is 0 Å². The number of furan rings is 1. The van der Waals surface area contributed by atoms with Crippen molar-refractivity contribution < 1.29 is 9.21 Å². The molecule has 1 aliphatic heterocycles. The number of aromatic nitrogens is 4. The number of hydrogen-bond acceptors (Lipinski definition) is 7. The molecule has 9 nitrogen and oxygen atoms in total. The van der Waals surface area contributed by atoms with Gasteiger partial charge in [-0.15, -0.1) is 10.2 Å². The maximum Gasteiger partial charge on any atom is 0.253 e. The van der Waals surface area contributed by atoms with Crippen molar-refractivity contribution in [1.29, 1.82) is 0 Å². The lowest BCUT2D eigenvalue weighted by molar-refractivity contribution is -0.125. The van der Waals surface area contributed by atoms with Crippen molar-refractivity contribution in [1.82, 2.24) is 25.1 Å². The monoisotopic (exact) mass is 422 g/mol. The van der Waals surface area contributed by atoms with Crippen LogP contribution in [0.4, 0.5) is 5.82 Å². The number of carbonyl (C=O) groups is 1. The summed E-state index contributed by atoms with van der Waals surface area (Å²) in [5, 5.41) is 11.5. The molecule has 9 heteroatoms. The summed E-state index contributed by atoms with van der Waals surface area (Å²) in [5.74, 6) is 1.30. The Bertz CT molecular complexity index is 1060. The second kappa shape index (κ2) is 9.55. The fourth-order valence-electron chi connectivity index (χ4n) is 3.72. The van der Waals surface area contributed by atoms with E-state index in [0.29, 0.717) is 31.1 Å². The standard InChI is InChI=1S/C22H26N6O3/c1-2-17-13-21(29)28(15-24-17)11-9-23-22(30)16-5-3-10-27(14-16)20-8-7-18(25-26-20)19-6-4-12-31-19/h4,6-8,12-13,15-16H,2-3,5,9-11,14H2,1H3,(H,23,30). The van der Waals surface area contributed by atoms with Gasteiger partial charge >= 0.3 is 0 Å². The van der Waals surface area contributed by atoms with Crippen LogP contribution in [0.3, 0.4) is 0 Å². The summed E-state index contributed by atoms with van der Waals surface area (Å²) in [6.45, 7) is 4.17. The topological polar surface area (TPSA) is 106 Å². The number of nitrogens with zero attached hydrogens (tertiary/aromatic N) is 5. The van der Waals surface area contributed by atoms with Crippen molar-refractivity contribution in [2.75, 3.05) is 24.5 Å². The van der Waals surface area contributed by atoms with Gasteiger partial charge in [0.15, 0.2) is 11.6 Å². The second-order valence-corrected chi connectivity index (χ2v) is 7.60. The van der Waals surface area contributed by atoms with Gasteiger partial charge in [0.05, 0.1) is 18.5 Å². The van der Waals surface area contributed by atoms with Gasteiger partial charge in [0.1, 0.15) is 5.69 Å². The molecule has 3 aromatic rings. The zero-order chi connectivity index (χ0) is 21.6. The maximum atomic E-state index is 12.7. The zero-order valence-corrected chi connectivity index (χ0v) is 17.5. The van der Waals surface area contributed by atoms with Crippen LogP contribution >= 0.6 is 0 Å². The van der Waals surface area contributed by atoms with Crippen molar-refractivity contribution in [3.8, 4) is 11.5 Å². The van der Waals surface area contributed by atoms with Crippen LogP contribution in [0, 0.1) is 5.92 Å². The molecule has 0 saturated carbocycles. The first-order valence-corrected chi connectivity index (χ1v) is 10.6. The Morgan fingerprint density at radius 2 is 2.19 bits per heavy atom. The lowest BCUT2D eigenvalue weighted by Gasteiger charge is -2.32. The van der Waals surface area contributed by atoms with Gasteiger partial charge in [-0.3, -0.25) is 14.2 Å². The summed E-state index contributed by atoms with van der Waals surface area (Å²) < 4.78 is 6.86. The molecule has 162 valence electrons. The van der Waals surface area contributed by atoms with Crippen molar-refractivity contribution in [2.24, 2.45) is 5.92 Å². The molecule has 0 aliphatic carbocycles. The highest BCUT2D eigenvalue weighted by atomic mass is 16.3. The van der Waals surface area contributed by atoms with E-state index in [1.54, 1.807) is 18.7 Å². The second-order valence-electron chi connectivity index (χ2n) is 7.60. The van der Waals surface area contributed by atoms with Crippen LogP contribution in [-0.4, -0.2) is 45.3 Å². The van der Waals surface area contributed by atoms with E-state index in [1.807, 2.05) is 31.2 Å². The number of anilines is 1. The Morgan fingerprint density at radius 1 is 1.29 bits per heavy atom. The van der Waals surface area contributed by atoms with Gasteiger partial charge in [-0.1, -0.05) is 6.92 Å². The molecule has 0 bridgehead atoms. The predicted octanol–water partition coefficient (Wildman–Crippen LogP) is 1.89. The molecule has 1 atom stereocenters. The van der Waals surface area contributed by atoms with E-state index < -0.39 is 0 Å². The van der Waals surface area contributed by atoms with Gasteiger partial charge in [0.25, 0.3) is 5.56 Å². The first kappa shape index (κ1) is 20.8. The highest BCUT2D eigenvalue weighted by molar-refractivity contribution is 5.79. The molecule has 1 unspecified atom stereocenters. The van der Waals surface area contributed by atoms with Crippen molar-refractivity contribution >= 4 is 11.7 Å². The van der Waals surface area contributed by atoms with Crippen LogP contribution in [-0.2, 0) is 17.8 Å². The normalized spacial score (nSPS) is 16.3. The van der Waals surface area contributed by atoms with E-state index in [1.165, 1.54) is 4.57 Å². The van der Waals surface area contributed by atoms with E-state index in [2.05, 4.69) is 25.4 Å². The minimum Gasteiger partial charge on any atom is -0.463 e. The Morgan fingerprint density at radius 3 is 2.90 bits per heavy atom. The smallest absolute Gasteiger partial charge is 0.253 e. The average Bonchev–Trinajstić information content (AvgIpc) is 3.35. The number of amides is 1. The minimum atomic E-state index is -0.127. The van der Waals surface area contributed by atoms with E-state index in [9.17, 15) is 9.59 Å². The molecule has 31 heavy (non-hydrogen) atoms. The number of piperidine rings is 1. The highest BCUT2D eigenvalue weighted by Gasteiger charge is 2.26. The first-order chi connectivity index (χ1) is 15.1. The number of nitrogens with one attached hydrogen (secondary N) is 1. The summed E-state index contributed by atoms with van der Waals surface area (Å²) in [6, 6.07) is 8.98. The molecular weight excluding hydrogens is 396 g/mol. The molecule has 0 radical (unpaired) electrons. The molecule has 1 amide bonds. The number of aryl methyl sites for hydroxylation is 1. The average molecular weight is 422 g/mol. The van der Waals surface area contributed by atoms with E-state index in [4.69, 9.17) is 4.42 Å². The van der Waals surface area contributed by atoms with Crippen molar-refractivity contribution in [3.63, 3.8) is 0 Å². The number of rotatable bonds is 7. The molecule has 1 fully saturated rings. The fraction of sp³-hybridized carbons (Fsp3) is 0.409. The third-order valence-electron chi connectivity index (χ3n) is 5.49. The minimum absolute atomic E-state index is 0.00366. The summed E-state index contributed by atoms with van der Waals surface area (Å²) >= 11 is 0. The van der Waals surface area contributed by atoms with Crippen LogP contribution in [0.5, 0.6) is 0 Å². The van der Waals surface area contributed by atoms with Crippen molar-refractivity contribution in [3.05, 3.63) is 59.0 Å². The van der Waals surface area contributed by atoms with Gasteiger partial charge in [0, 0.05) is 37.9 Å². The Labute approximate surface area is 180 Å². The predicted molar refractivity (Wildman–Crippen MR) is 116 cm³/mol. The molecule has 4 rings (SSSR count). The van der Waals surface area contributed by atoms with E-state index in [-0.39, 0.29) is 17.4 Å². The first-order valence-electron chi connectivity index (χ1n) is 10.6. The quantitative estimate of drug-likeness (QED) is 0.620. The summed E-state index contributed by atoms with van der Waals surface area (Å²) in [6.07, 6.45) is 5.60. The van der Waals surface area contributed by atoms with Crippen LogP contribution in [0.15, 0.2) is 52.1 Å². The molecular formula is C22H26N6O3. The SMILES string of the molecule is CCc1cc(=O)n(CCNC(=O)C2CCCN(c3ccc(-c4ccco4)nn3)C2)cn1. The third-order valence-corrected chi connectivity index (χ3v) is 5.49. The van der Waals surface area contributed by atoms with Crippen LogP contribution in [0.2, 0.25) is 0 Å². The largest absolute Gasteiger partial charge is 0.463 e. The van der Waals surface area contributed by atoms with Crippen LogP contribution in [0.1, 0.15) is 25.5 Å². The number of hydrogen-bond donors (Lipinski definition) is 1. The maximum absolute atomic E-state index is 12.7. The molecule has 0 spiro atoms. The lowest BCUT2D eigenvalue weighted by atomic mass is 9.97. The van der Waals surface area contributed by atoms with E-state index >= 15 is 0 Å². The zero-order valence-electron chi connectivity index (χ0n) is 17.5. The van der Waals surface area contributed by atoms with Crippen LogP contribution < -0.4 is 15.8 Å². The van der Waals surface area contributed by atoms with Gasteiger partial charge in [0.2, 0.25) is 5.91 Å². The third kappa shape index (κ3) is 4.99.